The molecular formula is C15H30N2O. The third-order valence-corrected chi connectivity index (χ3v) is 4.44. The molecule has 1 saturated heterocycles. The number of nitrogens with zero attached hydrogens (tertiary/aromatic N) is 2. The zero-order chi connectivity index (χ0) is 13.2. The van der Waals surface area contributed by atoms with E-state index in [2.05, 4.69) is 16.7 Å². The molecule has 2 unspecified atom stereocenters. The SMILES string of the molecule is CC1CCCC(N2CCN(CC(C)(C)O)CC2)C1. The molecule has 0 bridgehead atoms. The molecule has 2 rings (SSSR count). The predicted octanol–water partition coefficient (Wildman–Crippen LogP) is 1.95. The van der Waals surface area contributed by atoms with E-state index in [1.165, 1.54) is 38.8 Å². The van der Waals surface area contributed by atoms with E-state index < -0.39 is 5.60 Å². The number of piperazine rings is 1. The monoisotopic (exact) mass is 254 g/mol. The second-order valence-electron chi connectivity index (χ2n) is 7.05. The van der Waals surface area contributed by atoms with Crippen molar-refractivity contribution in [1.82, 2.24) is 9.80 Å². The molecule has 2 fully saturated rings. The second-order valence-corrected chi connectivity index (χ2v) is 7.05. The molecule has 1 aliphatic heterocycles. The molecule has 106 valence electrons. The summed E-state index contributed by atoms with van der Waals surface area (Å²) < 4.78 is 0. The highest BCUT2D eigenvalue weighted by Gasteiger charge is 2.28. The van der Waals surface area contributed by atoms with Crippen molar-refractivity contribution in [2.24, 2.45) is 5.92 Å². The fraction of sp³-hybridized carbons (Fsp3) is 1.00. The van der Waals surface area contributed by atoms with E-state index in [-0.39, 0.29) is 0 Å². The van der Waals surface area contributed by atoms with Gasteiger partial charge in [-0.2, -0.15) is 0 Å². The predicted molar refractivity (Wildman–Crippen MR) is 75.7 cm³/mol. The van der Waals surface area contributed by atoms with Crippen LogP contribution < -0.4 is 0 Å². The van der Waals surface area contributed by atoms with Gasteiger partial charge in [0.25, 0.3) is 0 Å². The first-order valence-electron chi connectivity index (χ1n) is 7.63. The smallest absolute Gasteiger partial charge is 0.0718 e. The molecule has 1 heterocycles. The van der Waals surface area contributed by atoms with Crippen molar-refractivity contribution in [2.45, 2.75) is 58.1 Å². The van der Waals surface area contributed by atoms with Crippen LogP contribution in [-0.2, 0) is 0 Å². The Labute approximate surface area is 112 Å². The first-order valence-corrected chi connectivity index (χ1v) is 7.63. The fourth-order valence-electron chi connectivity index (χ4n) is 3.57. The van der Waals surface area contributed by atoms with Crippen molar-refractivity contribution in [1.29, 1.82) is 0 Å². The zero-order valence-corrected chi connectivity index (χ0v) is 12.4. The first-order chi connectivity index (χ1) is 8.44. The van der Waals surface area contributed by atoms with Crippen LogP contribution in [0.1, 0.15) is 46.5 Å². The van der Waals surface area contributed by atoms with E-state index in [9.17, 15) is 5.11 Å². The highest BCUT2D eigenvalue weighted by Crippen LogP contribution is 2.28. The third kappa shape index (κ3) is 4.22. The van der Waals surface area contributed by atoms with Gasteiger partial charge in [-0.25, -0.2) is 0 Å². The average molecular weight is 254 g/mol. The Balaban J connectivity index is 1.76. The number of hydrogen-bond acceptors (Lipinski definition) is 3. The molecule has 0 amide bonds. The summed E-state index contributed by atoms with van der Waals surface area (Å²) in [5.74, 6) is 0.915. The van der Waals surface area contributed by atoms with Crippen LogP contribution in [0.2, 0.25) is 0 Å². The van der Waals surface area contributed by atoms with E-state index in [1.54, 1.807) is 0 Å². The molecule has 2 atom stereocenters. The van der Waals surface area contributed by atoms with Crippen LogP contribution in [-0.4, -0.2) is 59.3 Å². The van der Waals surface area contributed by atoms with Gasteiger partial charge in [-0.3, -0.25) is 9.80 Å². The summed E-state index contributed by atoms with van der Waals surface area (Å²) in [6.45, 7) is 11.6. The van der Waals surface area contributed by atoms with Gasteiger partial charge in [-0.05, 0) is 32.6 Å². The number of hydrogen-bond donors (Lipinski definition) is 1. The molecule has 0 aromatic heterocycles. The summed E-state index contributed by atoms with van der Waals surface area (Å²) in [7, 11) is 0. The number of aliphatic hydroxyl groups is 1. The second kappa shape index (κ2) is 5.89. The molecule has 3 heteroatoms. The summed E-state index contributed by atoms with van der Waals surface area (Å²) >= 11 is 0. The van der Waals surface area contributed by atoms with E-state index in [0.717, 1.165) is 31.6 Å². The lowest BCUT2D eigenvalue weighted by molar-refractivity contribution is 0.00557. The Hall–Kier alpha value is -0.120. The zero-order valence-electron chi connectivity index (χ0n) is 12.4. The largest absolute Gasteiger partial charge is 0.389 e. The third-order valence-electron chi connectivity index (χ3n) is 4.44. The summed E-state index contributed by atoms with van der Waals surface area (Å²) in [5.41, 5.74) is -0.554. The van der Waals surface area contributed by atoms with Crippen molar-refractivity contribution in [2.75, 3.05) is 32.7 Å². The molecule has 0 aromatic carbocycles. The van der Waals surface area contributed by atoms with Gasteiger partial charge in [-0.1, -0.05) is 19.8 Å². The summed E-state index contributed by atoms with van der Waals surface area (Å²) in [4.78, 5) is 5.10. The molecule has 2 aliphatic rings. The molecule has 3 nitrogen and oxygen atoms in total. The lowest BCUT2D eigenvalue weighted by atomic mass is 9.86. The van der Waals surface area contributed by atoms with Crippen molar-refractivity contribution in [3.63, 3.8) is 0 Å². The van der Waals surface area contributed by atoms with Gasteiger partial charge in [0.15, 0.2) is 0 Å². The van der Waals surface area contributed by atoms with Crippen LogP contribution >= 0.6 is 0 Å². The maximum absolute atomic E-state index is 9.86. The van der Waals surface area contributed by atoms with Crippen LogP contribution in [0.15, 0.2) is 0 Å². The van der Waals surface area contributed by atoms with Crippen LogP contribution in [0.25, 0.3) is 0 Å². The average Bonchev–Trinajstić information content (AvgIpc) is 2.28. The first kappa shape index (κ1) is 14.3. The van der Waals surface area contributed by atoms with Gasteiger partial charge < -0.3 is 5.11 Å². The topological polar surface area (TPSA) is 26.7 Å². The van der Waals surface area contributed by atoms with Gasteiger partial charge in [-0.15, -0.1) is 0 Å². The maximum Gasteiger partial charge on any atom is 0.0718 e. The molecule has 1 aliphatic carbocycles. The Morgan fingerprint density at radius 1 is 1.11 bits per heavy atom. The Morgan fingerprint density at radius 2 is 1.78 bits per heavy atom. The molecular weight excluding hydrogens is 224 g/mol. The van der Waals surface area contributed by atoms with Crippen LogP contribution in [0.5, 0.6) is 0 Å². The van der Waals surface area contributed by atoms with Gasteiger partial charge in [0, 0.05) is 38.8 Å². The minimum absolute atomic E-state index is 0.554. The highest BCUT2D eigenvalue weighted by molar-refractivity contribution is 4.84. The van der Waals surface area contributed by atoms with Crippen LogP contribution in [0, 0.1) is 5.92 Å². The Bertz CT molecular complexity index is 254. The van der Waals surface area contributed by atoms with Gasteiger partial charge in [0.1, 0.15) is 0 Å². The van der Waals surface area contributed by atoms with Gasteiger partial charge in [0.2, 0.25) is 0 Å². The van der Waals surface area contributed by atoms with Crippen molar-refractivity contribution < 1.29 is 5.11 Å². The fourth-order valence-corrected chi connectivity index (χ4v) is 3.57. The summed E-state index contributed by atoms with van der Waals surface area (Å²) in [6.07, 6.45) is 5.63. The van der Waals surface area contributed by atoms with E-state index in [4.69, 9.17) is 0 Å². The molecule has 1 N–H and O–H groups in total. The van der Waals surface area contributed by atoms with Gasteiger partial charge >= 0.3 is 0 Å². The minimum atomic E-state index is -0.554. The van der Waals surface area contributed by atoms with Crippen molar-refractivity contribution >= 4 is 0 Å². The number of rotatable bonds is 3. The minimum Gasteiger partial charge on any atom is -0.389 e. The Kier molecular flexibility index (Phi) is 4.68. The summed E-state index contributed by atoms with van der Waals surface area (Å²) in [6, 6.07) is 0.832. The lowest BCUT2D eigenvalue weighted by Crippen LogP contribution is -2.53. The molecule has 18 heavy (non-hydrogen) atoms. The van der Waals surface area contributed by atoms with E-state index in [0.29, 0.717) is 0 Å². The lowest BCUT2D eigenvalue weighted by Gasteiger charge is -2.43. The van der Waals surface area contributed by atoms with Crippen molar-refractivity contribution in [3.8, 4) is 0 Å². The molecule has 0 radical (unpaired) electrons. The van der Waals surface area contributed by atoms with E-state index >= 15 is 0 Å². The summed E-state index contributed by atoms with van der Waals surface area (Å²) in [5, 5.41) is 9.86. The maximum atomic E-state index is 9.86. The quantitative estimate of drug-likeness (QED) is 0.834. The number of β-amino-alcohol motifs (C(OH)–C–C–N with tert-alkyl or cyclic N) is 1. The standard InChI is InChI=1S/C15H30N2O/c1-13-5-4-6-14(11-13)17-9-7-16(8-10-17)12-15(2,3)18/h13-14,18H,4-12H2,1-3H3. The molecule has 0 aromatic rings. The normalized spacial score (nSPS) is 32.7. The van der Waals surface area contributed by atoms with Crippen molar-refractivity contribution in [3.05, 3.63) is 0 Å². The highest BCUT2D eigenvalue weighted by atomic mass is 16.3. The molecule has 0 spiro atoms. The Morgan fingerprint density at radius 3 is 2.33 bits per heavy atom. The van der Waals surface area contributed by atoms with Crippen LogP contribution in [0.3, 0.4) is 0 Å². The van der Waals surface area contributed by atoms with E-state index in [1.807, 2.05) is 13.8 Å². The van der Waals surface area contributed by atoms with Crippen LogP contribution in [0.4, 0.5) is 0 Å². The molecule has 1 saturated carbocycles. The van der Waals surface area contributed by atoms with Gasteiger partial charge in [0.05, 0.1) is 5.60 Å².